The van der Waals surface area contributed by atoms with Crippen LogP contribution in [0.25, 0.3) is 11.3 Å². The summed E-state index contributed by atoms with van der Waals surface area (Å²) >= 11 is 0. The monoisotopic (exact) mass is 660 g/mol. The van der Waals surface area contributed by atoms with E-state index >= 15 is 0 Å². The van der Waals surface area contributed by atoms with Crippen molar-refractivity contribution in [1.82, 2.24) is 39.2 Å². The molecule has 2 aliphatic rings. The number of anilines is 2. The third-order valence-corrected chi connectivity index (χ3v) is 9.22. The Hall–Kier alpha value is -5.26. The number of aryl methyl sites for hydroxylation is 4. The van der Waals surface area contributed by atoms with Crippen molar-refractivity contribution in [3.8, 4) is 11.8 Å². The van der Waals surface area contributed by atoms with E-state index in [0.29, 0.717) is 25.0 Å². The third kappa shape index (κ3) is 7.28. The molecule has 0 unspecified atom stereocenters. The second-order valence-corrected chi connectivity index (χ2v) is 12.6. The van der Waals surface area contributed by atoms with Gasteiger partial charge in [0, 0.05) is 50.1 Å². The Morgan fingerprint density at radius 1 is 0.653 bits per heavy atom. The molecular weight excluding hydrogens is 616 g/mol. The van der Waals surface area contributed by atoms with Gasteiger partial charge in [0.2, 0.25) is 11.8 Å². The molecule has 2 saturated heterocycles. The molecular formula is C37H44N10O2. The summed E-state index contributed by atoms with van der Waals surface area (Å²) < 4.78 is 15.4. The Morgan fingerprint density at radius 2 is 1.27 bits per heavy atom. The Labute approximate surface area is 286 Å². The van der Waals surface area contributed by atoms with Crippen LogP contribution < -0.4 is 19.3 Å². The highest BCUT2D eigenvalue weighted by Crippen LogP contribution is 2.21. The number of nitrogens with zero attached hydrogens (tertiary/aromatic N) is 10. The Balaban J connectivity index is 0.000000154. The van der Waals surface area contributed by atoms with Gasteiger partial charge in [0.1, 0.15) is 24.8 Å². The number of fused-ring (bicyclic) bond motifs is 2. The van der Waals surface area contributed by atoms with E-state index in [2.05, 4.69) is 49.0 Å². The third-order valence-electron chi connectivity index (χ3n) is 9.22. The normalized spacial score (nSPS) is 14.4. The first kappa shape index (κ1) is 32.3. The van der Waals surface area contributed by atoms with Crippen LogP contribution in [0.1, 0.15) is 66.6 Å². The summed E-state index contributed by atoms with van der Waals surface area (Å²) in [7, 11) is 0. The molecule has 0 N–H and O–H groups in total. The van der Waals surface area contributed by atoms with Crippen molar-refractivity contribution in [2.24, 2.45) is 0 Å². The van der Waals surface area contributed by atoms with Crippen LogP contribution in [0.3, 0.4) is 0 Å². The first-order valence-corrected chi connectivity index (χ1v) is 17.3. The van der Waals surface area contributed by atoms with E-state index in [0.717, 1.165) is 89.6 Å². The van der Waals surface area contributed by atoms with Crippen molar-refractivity contribution in [3.63, 3.8) is 0 Å². The van der Waals surface area contributed by atoms with Gasteiger partial charge in [-0.15, -0.1) is 5.10 Å². The first-order valence-electron chi connectivity index (χ1n) is 17.3. The number of hydrogen-bond acceptors (Lipinski definition) is 10. The van der Waals surface area contributed by atoms with E-state index in [1.807, 2.05) is 73.9 Å². The molecule has 0 saturated carbocycles. The Bertz CT molecular complexity index is 2040. The maximum Gasteiger partial charge on any atom is 0.232 e. The molecule has 12 nitrogen and oxygen atoms in total. The predicted octanol–water partition coefficient (Wildman–Crippen LogP) is 6.09. The van der Waals surface area contributed by atoms with E-state index in [-0.39, 0.29) is 0 Å². The molecule has 254 valence electrons. The quantitative estimate of drug-likeness (QED) is 0.181. The summed E-state index contributed by atoms with van der Waals surface area (Å²) in [6.45, 7) is 13.3. The standard InChI is InChI=1S/C19H23N5O.C18H21N5O/c1-3-16-14(2)24-18(21-16)9-10-19(22-24)25-13-15-7-6-8-17(20-15)23-11-4-5-12-23;1-13-14(2)21-23-11-8-17(20-18(13)23)24-12-15-6-5-7-16(19-15)22-9-3-4-10-22/h6-10H,3-5,11-13H2,1-2H3;5-8,11H,3-4,9-10,12H2,1-2H3. The van der Waals surface area contributed by atoms with Crippen LogP contribution in [0.15, 0.2) is 60.8 Å². The fraction of sp³-hybridized carbons (Fsp3) is 0.405. The molecule has 0 atom stereocenters. The molecule has 2 fully saturated rings. The minimum absolute atomic E-state index is 0.411. The van der Waals surface area contributed by atoms with Gasteiger partial charge in [0.05, 0.1) is 28.5 Å². The zero-order valence-electron chi connectivity index (χ0n) is 28.8. The van der Waals surface area contributed by atoms with Crippen LogP contribution in [-0.4, -0.2) is 65.3 Å². The number of aromatic nitrogens is 8. The molecule has 6 aromatic rings. The van der Waals surface area contributed by atoms with Gasteiger partial charge in [0.25, 0.3) is 0 Å². The Kier molecular flexibility index (Phi) is 9.54. The molecule has 0 aromatic carbocycles. The summed E-state index contributed by atoms with van der Waals surface area (Å²) in [5.41, 5.74) is 7.74. The number of hydrogen-bond donors (Lipinski definition) is 0. The average Bonchev–Trinajstić information content (AvgIpc) is 3.96. The molecule has 0 spiro atoms. The largest absolute Gasteiger partial charge is 0.471 e. The number of imidazole rings is 1. The van der Waals surface area contributed by atoms with Crippen LogP contribution >= 0.6 is 0 Å². The van der Waals surface area contributed by atoms with Crippen LogP contribution in [0.2, 0.25) is 0 Å². The summed E-state index contributed by atoms with van der Waals surface area (Å²) in [5.74, 6) is 3.27. The van der Waals surface area contributed by atoms with Crippen LogP contribution in [0.5, 0.6) is 11.8 Å². The van der Waals surface area contributed by atoms with Gasteiger partial charge in [-0.2, -0.15) is 10.1 Å². The number of rotatable bonds is 9. The van der Waals surface area contributed by atoms with Gasteiger partial charge in [0.15, 0.2) is 11.3 Å². The molecule has 6 aromatic heterocycles. The first-order chi connectivity index (χ1) is 23.9. The van der Waals surface area contributed by atoms with Crippen LogP contribution in [0, 0.1) is 20.8 Å². The number of pyridine rings is 2. The minimum Gasteiger partial charge on any atom is -0.471 e. The lowest BCUT2D eigenvalue weighted by molar-refractivity contribution is 0.284. The minimum atomic E-state index is 0.411. The molecule has 0 amide bonds. The van der Waals surface area contributed by atoms with Gasteiger partial charge < -0.3 is 19.3 Å². The van der Waals surface area contributed by atoms with E-state index in [1.165, 1.54) is 25.7 Å². The molecule has 12 heteroatoms. The lowest BCUT2D eigenvalue weighted by atomic mass is 10.3. The Morgan fingerprint density at radius 3 is 1.88 bits per heavy atom. The smallest absolute Gasteiger partial charge is 0.232 e. The summed E-state index contributed by atoms with van der Waals surface area (Å²) in [5, 5.41) is 8.96. The van der Waals surface area contributed by atoms with E-state index in [4.69, 9.17) is 19.4 Å². The van der Waals surface area contributed by atoms with Crippen molar-refractivity contribution in [3.05, 3.63) is 94.8 Å². The zero-order valence-corrected chi connectivity index (χ0v) is 28.8. The highest BCUT2D eigenvalue weighted by atomic mass is 16.5. The summed E-state index contributed by atoms with van der Waals surface area (Å²) in [6, 6.07) is 17.9. The second kappa shape index (κ2) is 14.5. The van der Waals surface area contributed by atoms with Crippen LogP contribution in [0.4, 0.5) is 11.6 Å². The van der Waals surface area contributed by atoms with Crippen LogP contribution in [-0.2, 0) is 19.6 Å². The van der Waals surface area contributed by atoms with Gasteiger partial charge >= 0.3 is 0 Å². The fourth-order valence-corrected chi connectivity index (χ4v) is 6.33. The molecule has 0 aliphatic carbocycles. The maximum absolute atomic E-state index is 5.87. The maximum atomic E-state index is 5.87. The van der Waals surface area contributed by atoms with E-state index < -0.39 is 0 Å². The van der Waals surface area contributed by atoms with Gasteiger partial charge in [-0.3, -0.25) is 0 Å². The predicted molar refractivity (Wildman–Crippen MR) is 190 cm³/mol. The lowest BCUT2D eigenvalue weighted by Gasteiger charge is -2.16. The topological polar surface area (TPSA) is 111 Å². The van der Waals surface area contributed by atoms with Gasteiger partial charge in [-0.25, -0.2) is 24.0 Å². The average molecular weight is 661 g/mol. The van der Waals surface area contributed by atoms with E-state index in [1.54, 1.807) is 4.52 Å². The molecule has 0 bridgehead atoms. The van der Waals surface area contributed by atoms with Crippen molar-refractivity contribution in [1.29, 1.82) is 0 Å². The summed E-state index contributed by atoms with van der Waals surface area (Å²) in [4.78, 5) is 23.2. The van der Waals surface area contributed by atoms with Crippen molar-refractivity contribution in [2.45, 2.75) is 73.0 Å². The highest BCUT2D eigenvalue weighted by Gasteiger charge is 2.16. The highest BCUT2D eigenvalue weighted by molar-refractivity contribution is 5.50. The lowest BCUT2D eigenvalue weighted by Crippen LogP contribution is -2.19. The second-order valence-electron chi connectivity index (χ2n) is 12.6. The van der Waals surface area contributed by atoms with Gasteiger partial charge in [-0.1, -0.05) is 19.1 Å². The molecule has 0 radical (unpaired) electrons. The zero-order chi connectivity index (χ0) is 33.7. The van der Waals surface area contributed by atoms with Crippen molar-refractivity contribution < 1.29 is 9.47 Å². The van der Waals surface area contributed by atoms with Crippen molar-refractivity contribution >= 4 is 22.9 Å². The molecule has 2 aliphatic heterocycles. The molecule has 8 rings (SSSR count). The molecule has 49 heavy (non-hydrogen) atoms. The molecule has 8 heterocycles. The van der Waals surface area contributed by atoms with E-state index in [9.17, 15) is 0 Å². The van der Waals surface area contributed by atoms with Gasteiger partial charge in [-0.05, 0) is 83.2 Å². The SMILES string of the molecule is CCc1nc2ccc(OCc3cccc(N4CCCC4)n3)nn2c1C.Cc1nn2ccc(OCc3cccc(N4CCCC4)n3)nc2c1C. The van der Waals surface area contributed by atoms with Crippen molar-refractivity contribution in [2.75, 3.05) is 36.0 Å². The fourth-order valence-electron chi connectivity index (χ4n) is 6.33. The summed E-state index contributed by atoms with van der Waals surface area (Å²) in [6.07, 6.45) is 7.77. The number of ether oxygens (including phenoxy) is 2.